The highest BCUT2D eigenvalue weighted by Gasteiger charge is 2.26. The summed E-state index contributed by atoms with van der Waals surface area (Å²) in [5, 5.41) is 9.53. The van der Waals surface area contributed by atoms with Crippen LogP contribution in [-0.4, -0.2) is 68.3 Å². The lowest BCUT2D eigenvalue weighted by molar-refractivity contribution is -0.132. The zero-order chi connectivity index (χ0) is 17.3. The first-order chi connectivity index (χ1) is 11.5. The SMILES string of the molecule is CCN1CCN(C(=O)[C@@H](C)Sc2nnc3c(Cl)cc(Cl)cn23)CC1. The van der Waals surface area contributed by atoms with E-state index in [2.05, 4.69) is 22.0 Å². The minimum atomic E-state index is -0.247. The second kappa shape index (κ2) is 7.47. The fourth-order valence-corrected chi connectivity index (χ4v) is 4.15. The molecule has 0 unspecified atom stereocenters. The number of carbonyl (C=O) groups excluding carboxylic acids is 1. The van der Waals surface area contributed by atoms with Crippen molar-refractivity contribution in [3.63, 3.8) is 0 Å². The number of fused-ring (bicyclic) bond motifs is 1. The van der Waals surface area contributed by atoms with Gasteiger partial charge in [0.15, 0.2) is 10.8 Å². The Hall–Kier alpha value is -1.02. The third-order valence-corrected chi connectivity index (χ3v) is 5.69. The standard InChI is InChI=1S/C15H19Cl2N5OS/c1-3-20-4-6-21(7-5-20)14(23)10(2)24-15-19-18-13-12(17)8-11(16)9-22(13)15/h8-10H,3-7H2,1-2H3/t10-/m1/s1. The summed E-state index contributed by atoms with van der Waals surface area (Å²) in [6.07, 6.45) is 1.71. The number of hydrogen-bond acceptors (Lipinski definition) is 5. The van der Waals surface area contributed by atoms with E-state index in [1.165, 1.54) is 11.8 Å². The van der Waals surface area contributed by atoms with Crippen molar-refractivity contribution in [2.45, 2.75) is 24.3 Å². The van der Waals surface area contributed by atoms with Crippen molar-refractivity contribution in [3.8, 4) is 0 Å². The fourth-order valence-electron chi connectivity index (χ4n) is 2.73. The summed E-state index contributed by atoms with van der Waals surface area (Å²) in [5.41, 5.74) is 0.541. The molecule has 0 saturated carbocycles. The van der Waals surface area contributed by atoms with Crippen LogP contribution in [-0.2, 0) is 4.79 Å². The monoisotopic (exact) mass is 387 g/mol. The number of halogens is 2. The van der Waals surface area contributed by atoms with Crippen LogP contribution in [0, 0.1) is 0 Å². The molecule has 1 saturated heterocycles. The Bertz CT molecular complexity index is 745. The van der Waals surface area contributed by atoms with Gasteiger partial charge in [-0.2, -0.15) is 0 Å². The molecule has 0 aliphatic carbocycles. The molecule has 0 radical (unpaired) electrons. The van der Waals surface area contributed by atoms with Gasteiger partial charge in [-0.15, -0.1) is 10.2 Å². The molecular weight excluding hydrogens is 369 g/mol. The number of likely N-dealkylation sites (N-methyl/N-ethyl adjacent to an activating group) is 1. The van der Waals surface area contributed by atoms with Gasteiger partial charge in [-0.1, -0.05) is 41.9 Å². The lowest BCUT2D eigenvalue weighted by Gasteiger charge is -2.35. The van der Waals surface area contributed by atoms with Gasteiger partial charge in [0.25, 0.3) is 0 Å². The van der Waals surface area contributed by atoms with Crippen LogP contribution >= 0.6 is 35.0 Å². The number of amides is 1. The second-order valence-electron chi connectivity index (χ2n) is 5.70. The van der Waals surface area contributed by atoms with Crippen molar-refractivity contribution in [2.24, 2.45) is 0 Å². The molecule has 0 N–H and O–H groups in total. The van der Waals surface area contributed by atoms with Gasteiger partial charge in [-0.25, -0.2) is 0 Å². The Kier molecular flexibility index (Phi) is 5.54. The summed E-state index contributed by atoms with van der Waals surface area (Å²) >= 11 is 13.6. The summed E-state index contributed by atoms with van der Waals surface area (Å²) in [7, 11) is 0. The van der Waals surface area contributed by atoms with E-state index in [1.54, 1.807) is 16.7 Å². The van der Waals surface area contributed by atoms with Gasteiger partial charge in [0, 0.05) is 32.4 Å². The summed E-state index contributed by atoms with van der Waals surface area (Å²) in [5.74, 6) is 0.126. The van der Waals surface area contributed by atoms with E-state index in [-0.39, 0.29) is 11.2 Å². The minimum absolute atomic E-state index is 0.126. The lowest BCUT2D eigenvalue weighted by atomic mass is 10.3. The Labute approximate surface area is 155 Å². The lowest BCUT2D eigenvalue weighted by Crippen LogP contribution is -2.50. The molecule has 2 aromatic rings. The highest BCUT2D eigenvalue weighted by atomic mass is 35.5. The predicted molar refractivity (Wildman–Crippen MR) is 97.0 cm³/mol. The Morgan fingerprint density at radius 1 is 1.29 bits per heavy atom. The van der Waals surface area contributed by atoms with Crippen molar-refractivity contribution < 1.29 is 4.79 Å². The van der Waals surface area contributed by atoms with Crippen molar-refractivity contribution in [3.05, 3.63) is 22.3 Å². The number of thioether (sulfide) groups is 1. The number of nitrogens with zero attached hydrogens (tertiary/aromatic N) is 5. The maximum atomic E-state index is 12.7. The van der Waals surface area contributed by atoms with Gasteiger partial charge in [-0.3, -0.25) is 9.20 Å². The van der Waals surface area contributed by atoms with Gasteiger partial charge in [0.05, 0.1) is 15.3 Å². The Morgan fingerprint density at radius 2 is 2.00 bits per heavy atom. The highest BCUT2D eigenvalue weighted by Crippen LogP contribution is 2.28. The quantitative estimate of drug-likeness (QED) is 0.754. The maximum absolute atomic E-state index is 12.7. The Balaban J connectivity index is 1.71. The van der Waals surface area contributed by atoms with Crippen LogP contribution in [0.15, 0.2) is 17.4 Å². The molecule has 130 valence electrons. The minimum Gasteiger partial charge on any atom is -0.339 e. The molecule has 1 atom stereocenters. The molecule has 1 aliphatic rings. The number of aromatic nitrogens is 3. The highest BCUT2D eigenvalue weighted by molar-refractivity contribution is 8.00. The van der Waals surface area contributed by atoms with Crippen molar-refractivity contribution >= 4 is 46.5 Å². The normalized spacial score (nSPS) is 17.4. The smallest absolute Gasteiger partial charge is 0.235 e. The zero-order valence-electron chi connectivity index (χ0n) is 13.6. The van der Waals surface area contributed by atoms with Gasteiger partial charge in [-0.05, 0) is 19.5 Å². The molecule has 2 aromatic heterocycles. The first-order valence-corrected chi connectivity index (χ1v) is 9.50. The van der Waals surface area contributed by atoms with Crippen LogP contribution in [0.3, 0.4) is 0 Å². The van der Waals surface area contributed by atoms with Gasteiger partial charge in [0.2, 0.25) is 5.91 Å². The Morgan fingerprint density at radius 3 is 2.67 bits per heavy atom. The number of rotatable bonds is 4. The van der Waals surface area contributed by atoms with E-state index in [4.69, 9.17) is 23.2 Å². The molecule has 24 heavy (non-hydrogen) atoms. The third-order valence-electron chi connectivity index (χ3n) is 4.16. The topological polar surface area (TPSA) is 53.7 Å². The third kappa shape index (κ3) is 3.64. The van der Waals surface area contributed by atoms with E-state index < -0.39 is 0 Å². The van der Waals surface area contributed by atoms with Crippen LogP contribution in [0.2, 0.25) is 10.0 Å². The van der Waals surface area contributed by atoms with Crippen LogP contribution in [0.25, 0.3) is 5.65 Å². The molecule has 1 amide bonds. The maximum Gasteiger partial charge on any atom is 0.235 e. The van der Waals surface area contributed by atoms with Crippen molar-refractivity contribution in [2.75, 3.05) is 32.7 Å². The van der Waals surface area contributed by atoms with Gasteiger partial charge < -0.3 is 9.80 Å². The van der Waals surface area contributed by atoms with E-state index in [9.17, 15) is 4.79 Å². The molecule has 3 heterocycles. The predicted octanol–water partition coefficient (Wildman–Crippen LogP) is 2.68. The molecule has 6 nitrogen and oxygen atoms in total. The van der Waals surface area contributed by atoms with Crippen molar-refractivity contribution in [1.29, 1.82) is 0 Å². The molecule has 0 bridgehead atoms. The first-order valence-electron chi connectivity index (χ1n) is 7.87. The van der Waals surface area contributed by atoms with Crippen LogP contribution in [0.4, 0.5) is 0 Å². The van der Waals surface area contributed by atoms with E-state index in [0.717, 1.165) is 32.7 Å². The number of pyridine rings is 1. The van der Waals surface area contributed by atoms with Gasteiger partial charge in [0.1, 0.15) is 0 Å². The summed E-state index contributed by atoms with van der Waals surface area (Å²) in [6.45, 7) is 8.47. The molecular formula is C15H19Cl2N5OS. The molecule has 0 aromatic carbocycles. The average Bonchev–Trinajstić information content (AvgIpc) is 2.97. The second-order valence-corrected chi connectivity index (χ2v) is 7.85. The van der Waals surface area contributed by atoms with Crippen LogP contribution in [0.5, 0.6) is 0 Å². The first kappa shape index (κ1) is 17.8. The largest absolute Gasteiger partial charge is 0.339 e. The molecule has 3 rings (SSSR count). The fraction of sp³-hybridized carbons (Fsp3) is 0.533. The number of piperazine rings is 1. The summed E-state index contributed by atoms with van der Waals surface area (Å²) in [6, 6.07) is 1.63. The number of hydrogen-bond donors (Lipinski definition) is 0. The van der Waals surface area contributed by atoms with Crippen LogP contribution in [0.1, 0.15) is 13.8 Å². The summed E-state index contributed by atoms with van der Waals surface area (Å²) < 4.78 is 1.73. The van der Waals surface area contributed by atoms with E-state index in [0.29, 0.717) is 20.8 Å². The number of carbonyl (C=O) groups is 1. The zero-order valence-corrected chi connectivity index (χ0v) is 15.9. The molecule has 9 heteroatoms. The van der Waals surface area contributed by atoms with E-state index >= 15 is 0 Å². The molecule has 1 fully saturated rings. The van der Waals surface area contributed by atoms with Crippen LogP contribution < -0.4 is 0 Å². The van der Waals surface area contributed by atoms with Crippen molar-refractivity contribution in [1.82, 2.24) is 24.4 Å². The molecule has 0 spiro atoms. The average molecular weight is 388 g/mol. The van der Waals surface area contributed by atoms with Gasteiger partial charge >= 0.3 is 0 Å². The van der Waals surface area contributed by atoms with E-state index in [1.807, 2.05) is 11.8 Å². The molecule has 1 aliphatic heterocycles. The summed E-state index contributed by atoms with van der Waals surface area (Å²) in [4.78, 5) is 16.9.